The van der Waals surface area contributed by atoms with E-state index in [0.717, 1.165) is 19.3 Å². The van der Waals surface area contributed by atoms with Crippen LogP contribution in [0.5, 0.6) is 0 Å². The van der Waals surface area contributed by atoms with Crippen LogP contribution in [0.2, 0.25) is 0 Å². The first kappa shape index (κ1) is 12.1. The molecule has 3 N–H and O–H groups in total. The minimum Gasteiger partial charge on any atom is -0.481 e. The first-order chi connectivity index (χ1) is 7.97. The number of hydrogen-bond acceptors (Lipinski definition) is 2. The molecule has 1 saturated carbocycles. The number of allylic oxidation sites excluding steroid dienone is 2. The molecule has 17 heavy (non-hydrogen) atoms. The summed E-state index contributed by atoms with van der Waals surface area (Å²) in [7, 11) is 0. The fourth-order valence-electron chi connectivity index (χ4n) is 3.65. The van der Waals surface area contributed by atoms with E-state index in [9.17, 15) is 9.59 Å². The van der Waals surface area contributed by atoms with Crippen LogP contribution < -0.4 is 5.73 Å². The van der Waals surface area contributed by atoms with Crippen LogP contribution in [-0.4, -0.2) is 17.0 Å². The average Bonchev–Trinajstić information content (AvgIpc) is 2.54. The van der Waals surface area contributed by atoms with E-state index in [2.05, 4.69) is 13.0 Å². The standard InChI is InChI=1S/C13H19NO3/c1-2-8-3-9-5-13(6-11(14)15,7-12(16)17)10(9)4-8/h4,9-10H,2-3,5-7H2,1H3,(H2,14,15)(H,16,17)/t9-,10-,13?/m1/s1. The Labute approximate surface area is 101 Å². The van der Waals surface area contributed by atoms with Gasteiger partial charge in [-0.3, -0.25) is 9.59 Å². The Hall–Kier alpha value is -1.32. The number of carbonyl (C=O) groups excluding carboxylic acids is 1. The second kappa shape index (κ2) is 4.17. The third-order valence-electron chi connectivity index (χ3n) is 4.31. The van der Waals surface area contributed by atoms with Crippen LogP contribution in [0, 0.1) is 17.3 Å². The molecule has 0 heterocycles. The molecule has 4 nitrogen and oxygen atoms in total. The quantitative estimate of drug-likeness (QED) is 0.714. The molecule has 0 aromatic heterocycles. The first-order valence-corrected chi connectivity index (χ1v) is 6.16. The molecule has 0 saturated heterocycles. The maximum Gasteiger partial charge on any atom is 0.303 e. The van der Waals surface area contributed by atoms with Gasteiger partial charge in [-0.1, -0.05) is 18.6 Å². The van der Waals surface area contributed by atoms with Gasteiger partial charge in [0.2, 0.25) is 5.91 Å². The number of nitrogens with two attached hydrogens (primary N) is 1. The van der Waals surface area contributed by atoms with E-state index in [1.807, 2.05) is 0 Å². The highest BCUT2D eigenvalue weighted by atomic mass is 16.4. The third-order valence-corrected chi connectivity index (χ3v) is 4.31. The normalized spacial score (nSPS) is 34.8. The molecule has 0 spiro atoms. The Morgan fingerprint density at radius 1 is 1.53 bits per heavy atom. The van der Waals surface area contributed by atoms with Crippen molar-refractivity contribution < 1.29 is 14.7 Å². The zero-order valence-corrected chi connectivity index (χ0v) is 10.1. The molecular formula is C13H19NO3. The largest absolute Gasteiger partial charge is 0.481 e. The maximum absolute atomic E-state index is 11.1. The van der Waals surface area contributed by atoms with Crippen molar-refractivity contribution in [1.29, 1.82) is 0 Å². The summed E-state index contributed by atoms with van der Waals surface area (Å²) in [5.41, 5.74) is 6.26. The lowest BCUT2D eigenvalue weighted by atomic mass is 9.52. The van der Waals surface area contributed by atoms with Crippen molar-refractivity contribution in [3.05, 3.63) is 11.6 Å². The zero-order valence-electron chi connectivity index (χ0n) is 10.1. The van der Waals surface area contributed by atoms with E-state index in [0.29, 0.717) is 5.92 Å². The highest BCUT2D eigenvalue weighted by Crippen LogP contribution is 2.61. The molecule has 1 amide bonds. The van der Waals surface area contributed by atoms with Crippen LogP contribution in [0.15, 0.2) is 11.6 Å². The Bertz CT molecular complexity index is 370. The minimum atomic E-state index is -0.831. The monoisotopic (exact) mass is 237 g/mol. The number of carboxylic acid groups (broad SMARTS) is 1. The Kier molecular flexibility index (Phi) is 2.98. The predicted octanol–water partition coefficient (Wildman–Crippen LogP) is 1.70. The molecule has 0 aliphatic heterocycles. The van der Waals surface area contributed by atoms with Crippen molar-refractivity contribution in [3.63, 3.8) is 0 Å². The number of carbonyl (C=O) groups is 2. The summed E-state index contributed by atoms with van der Waals surface area (Å²) in [6.45, 7) is 2.11. The highest BCUT2D eigenvalue weighted by molar-refractivity contribution is 5.77. The van der Waals surface area contributed by atoms with E-state index < -0.39 is 11.4 Å². The molecule has 0 aromatic rings. The van der Waals surface area contributed by atoms with Gasteiger partial charge in [-0.25, -0.2) is 0 Å². The molecule has 2 rings (SSSR count). The minimum absolute atomic E-state index is 0.0601. The van der Waals surface area contributed by atoms with Crippen LogP contribution >= 0.6 is 0 Å². The summed E-state index contributed by atoms with van der Waals surface area (Å²) in [6.07, 6.45) is 5.37. The van der Waals surface area contributed by atoms with Crippen LogP contribution in [-0.2, 0) is 9.59 Å². The second-order valence-corrected chi connectivity index (χ2v) is 5.45. The van der Waals surface area contributed by atoms with Crippen LogP contribution in [0.4, 0.5) is 0 Å². The number of carboxylic acids is 1. The SMILES string of the molecule is CCC1=C[C@@H]2[C@H](C1)CC2(CC(N)=O)CC(=O)O. The number of amides is 1. The van der Waals surface area contributed by atoms with Crippen molar-refractivity contribution in [2.75, 3.05) is 0 Å². The van der Waals surface area contributed by atoms with E-state index >= 15 is 0 Å². The molecule has 3 atom stereocenters. The van der Waals surface area contributed by atoms with E-state index in [1.54, 1.807) is 0 Å². The summed E-state index contributed by atoms with van der Waals surface area (Å²) < 4.78 is 0. The molecule has 0 bridgehead atoms. The predicted molar refractivity (Wildman–Crippen MR) is 63.1 cm³/mol. The van der Waals surface area contributed by atoms with Gasteiger partial charge in [-0.05, 0) is 36.5 Å². The van der Waals surface area contributed by atoms with E-state index in [1.165, 1.54) is 5.57 Å². The summed E-state index contributed by atoms with van der Waals surface area (Å²) in [5.74, 6) is -0.421. The first-order valence-electron chi connectivity index (χ1n) is 6.16. The fraction of sp³-hybridized carbons (Fsp3) is 0.692. The van der Waals surface area contributed by atoms with Crippen LogP contribution in [0.1, 0.15) is 39.0 Å². The Balaban J connectivity index is 2.17. The Morgan fingerprint density at radius 2 is 2.24 bits per heavy atom. The second-order valence-electron chi connectivity index (χ2n) is 5.45. The summed E-state index contributed by atoms with van der Waals surface area (Å²) in [6, 6.07) is 0. The molecule has 1 unspecified atom stereocenters. The van der Waals surface area contributed by atoms with E-state index in [-0.39, 0.29) is 24.7 Å². The lowest BCUT2D eigenvalue weighted by Gasteiger charge is -2.51. The molecule has 1 fully saturated rings. The summed E-state index contributed by atoms with van der Waals surface area (Å²) >= 11 is 0. The topological polar surface area (TPSA) is 80.4 Å². The number of hydrogen-bond donors (Lipinski definition) is 2. The van der Waals surface area contributed by atoms with Crippen molar-refractivity contribution in [1.82, 2.24) is 0 Å². The lowest BCUT2D eigenvalue weighted by molar-refractivity contribution is -0.146. The molecule has 2 aliphatic rings. The number of primary amides is 1. The van der Waals surface area contributed by atoms with Gasteiger partial charge in [-0.15, -0.1) is 0 Å². The highest BCUT2D eigenvalue weighted by Gasteiger charge is 2.56. The Morgan fingerprint density at radius 3 is 2.76 bits per heavy atom. The molecule has 4 heteroatoms. The molecular weight excluding hydrogens is 218 g/mol. The van der Waals surface area contributed by atoms with Crippen molar-refractivity contribution >= 4 is 11.9 Å². The molecule has 2 aliphatic carbocycles. The number of fused-ring (bicyclic) bond motifs is 1. The van der Waals surface area contributed by atoms with Gasteiger partial charge in [-0.2, -0.15) is 0 Å². The smallest absolute Gasteiger partial charge is 0.303 e. The van der Waals surface area contributed by atoms with Crippen LogP contribution in [0.25, 0.3) is 0 Å². The molecule has 0 aromatic carbocycles. The van der Waals surface area contributed by atoms with Gasteiger partial charge in [0, 0.05) is 6.42 Å². The van der Waals surface area contributed by atoms with Crippen molar-refractivity contribution in [3.8, 4) is 0 Å². The van der Waals surface area contributed by atoms with Gasteiger partial charge >= 0.3 is 5.97 Å². The molecule has 94 valence electrons. The van der Waals surface area contributed by atoms with Gasteiger partial charge in [0.05, 0.1) is 6.42 Å². The number of aliphatic carboxylic acids is 1. The summed E-state index contributed by atoms with van der Waals surface area (Å²) in [4.78, 5) is 22.1. The van der Waals surface area contributed by atoms with Gasteiger partial charge in [0.25, 0.3) is 0 Å². The van der Waals surface area contributed by atoms with Crippen LogP contribution in [0.3, 0.4) is 0 Å². The number of rotatable bonds is 5. The van der Waals surface area contributed by atoms with Gasteiger partial charge < -0.3 is 10.8 Å². The lowest BCUT2D eigenvalue weighted by Crippen LogP contribution is -2.48. The third kappa shape index (κ3) is 2.08. The van der Waals surface area contributed by atoms with Crippen molar-refractivity contribution in [2.45, 2.75) is 39.0 Å². The molecule has 0 radical (unpaired) electrons. The van der Waals surface area contributed by atoms with Gasteiger partial charge in [0.1, 0.15) is 0 Å². The van der Waals surface area contributed by atoms with E-state index in [4.69, 9.17) is 10.8 Å². The maximum atomic E-state index is 11.1. The zero-order chi connectivity index (χ0) is 12.6. The average molecular weight is 237 g/mol. The van der Waals surface area contributed by atoms with Crippen molar-refractivity contribution in [2.24, 2.45) is 23.0 Å². The fourth-order valence-corrected chi connectivity index (χ4v) is 3.65. The summed E-state index contributed by atoms with van der Waals surface area (Å²) in [5, 5.41) is 9.00. The van der Waals surface area contributed by atoms with Gasteiger partial charge in [0.15, 0.2) is 0 Å².